The van der Waals surface area contributed by atoms with E-state index in [2.05, 4.69) is 10.1 Å². The lowest BCUT2D eigenvalue weighted by Crippen LogP contribution is -2.35. The Balaban J connectivity index is 1.97. The molecule has 1 fully saturated rings. The number of nitrogens with zero attached hydrogens (tertiary/aromatic N) is 4. The Morgan fingerprint density at radius 2 is 2.15 bits per heavy atom. The Labute approximate surface area is 150 Å². The normalized spacial score (nSPS) is 18.2. The van der Waals surface area contributed by atoms with Crippen molar-refractivity contribution in [3.05, 3.63) is 44.5 Å². The minimum atomic E-state index is -4.77. The van der Waals surface area contributed by atoms with Crippen LogP contribution in [-0.2, 0) is 6.18 Å². The van der Waals surface area contributed by atoms with Crippen molar-refractivity contribution in [1.29, 1.82) is 0 Å². The molecule has 0 saturated carbocycles. The van der Waals surface area contributed by atoms with E-state index in [4.69, 9.17) is 16.1 Å². The molecular formula is C15H14ClF3N4O3. The van der Waals surface area contributed by atoms with Gasteiger partial charge in [-0.15, -0.1) is 0 Å². The quantitative estimate of drug-likeness (QED) is 0.572. The van der Waals surface area contributed by atoms with E-state index < -0.39 is 27.4 Å². The number of hydrogen-bond acceptors (Lipinski definition) is 6. The second kappa shape index (κ2) is 6.75. The molecule has 26 heavy (non-hydrogen) atoms. The van der Waals surface area contributed by atoms with Crippen LogP contribution in [0, 0.1) is 17.0 Å². The average molecular weight is 391 g/mol. The molecule has 7 nitrogen and oxygen atoms in total. The summed E-state index contributed by atoms with van der Waals surface area (Å²) < 4.78 is 44.2. The Morgan fingerprint density at radius 1 is 1.42 bits per heavy atom. The third-order valence-corrected chi connectivity index (χ3v) is 4.53. The zero-order valence-corrected chi connectivity index (χ0v) is 14.3. The van der Waals surface area contributed by atoms with Crippen LogP contribution >= 0.6 is 11.6 Å². The Bertz CT molecular complexity index is 840. The molecule has 1 aliphatic heterocycles. The molecule has 0 amide bonds. The van der Waals surface area contributed by atoms with Crippen molar-refractivity contribution in [2.45, 2.75) is 31.9 Å². The first-order valence-electron chi connectivity index (χ1n) is 7.77. The number of piperidine rings is 1. The number of aryl methyl sites for hydroxylation is 1. The molecule has 1 aliphatic rings. The predicted octanol–water partition coefficient (Wildman–Crippen LogP) is 4.34. The average Bonchev–Trinajstić information content (AvgIpc) is 3.00. The standard InChI is InChI=1S/C15H14ClF3N4O3/c1-8-20-14(26-21-8)9-3-2-4-22(7-9)12-6-11(16)10(15(17,18)19)5-13(12)23(24)25/h5-6,9H,2-4,7H2,1H3. The van der Waals surface area contributed by atoms with Gasteiger partial charge in [0, 0.05) is 19.2 Å². The van der Waals surface area contributed by atoms with Gasteiger partial charge in [-0.1, -0.05) is 16.8 Å². The molecule has 1 aromatic heterocycles. The summed E-state index contributed by atoms with van der Waals surface area (Å²) in [7, 11) is 0. The lowest BCUT2D eigenvalue weighted by molar-refractivity contribution is -0.384. The molecule has 0 N–H and O–H groups in total. The first kappa shape index (κ1) is 18.4. The van der Waals surface area contributed by atoms with Crippen LogP contribution < -0.4 is 4.90 Å². The Hall–Kier alpha value is -2.36. The lowest BCUT2D eigenvalue weighted by atomic mass is 9.97. The van der Waals surface area contributed by atoms with Gasteiger partial charge in [0.1, 0.15) is 5.69 Å². The van der Waals surface area contributed by atoms with E-state index in [0.29, 0.717) is 37.3 Å². The summed E-state index contributed by atoms with van der Waals surface area (Å²) in [5.74, 6) is 0.721. The molecule has 140 valence electrons. The van der Waals surface area contributed by atoms with Crippen LogP contribution in [0.3, 0.4) is 0 Å². The summed E-state index contributed by atoms with van der Waals surface area (Å²) >= 11 is 5.76. The molecule has 0 aliphatic carbocycles. The first-order chi connectivity index (χ1) is 12.2. The summed E-state index contributed by atoms with van der Waals surface area (Å²) in [6, 6.07) is 1.49. The Kier molecular flexibility index (Phi) is 4.78. The molecule has 0 bridgehead atoms. The van der Waals surface area contributed by atoms with Gasteiger partial charge in [0.25, 0.3) is 5.69 Å². The minimum absolute atomic E-state index is 0.0499. The molecule has 1 atom stereocenters. The van der Waals surface area contributed by atoms with Crippen LogP contribution in [0.25, 0.3) is 0 Å². The van der Waals surface area contributed by atoms with Gasteiger partial charge in [0.15, 0.2) is 5.82 Å². The van der Waals surface area contributed by atoms with Gasteiger partial charge in [-0.05, 0) is 25.8 Å². The summed E-state index contributed by atoms with van der Waals surface area (Å²) in [6.45, 7) is 2.43. The number of nitro groups is 1. The third-order valence-electron chi connectivity index (χ3n) is 4.22. The number of nitro benzene ring substituents is 1. The number of rotatable bonds is 3. The zero-order valence-electron chi connectivity index (χ0n) is 13.6. The number of benzene rings is 1. The third kappa shape index (κ3) is 3.59. The molecule has 3 rings (SSSR count). The number of halogens is 4. The minimum Gasteiger partial charge on any atom is -0.365 e. The highest BCUT2D eigenvalue weighted by Crippen LogP contribution is 2.42. The highest BCUT2D eigenvalue weighted by Gasteiger charge is 2.37. The van der Waals surface area contributed by atoms with E-state index in [1.54, 1.807) is 11.8 Å². The monoisotopic (exact) mass is 390 g/mol. The fraction of sp³-hybridized carbons (Fsp3) is 0.467. The van der Waals surface area contributed by atoms with Crippen LogP contribution in [0.2, 0.25) is 5.02 Å². The van der Waals surface area contributed by atoms with E-state index in [0.717, 1.165) is 12.5 Å². The van der Waals surface area contributed by atoms with E-state index >= 15 is 0 Å². The van der Waals surface area contributed by atoms with Gasteiger partial charge in [-0.25, -0.2) is 0 Å². The van der Waals surface area contributed by atoms with Crippen molar-refractivity contribution < 1.29 is 22.6 Å². The van der Waals surface area contributed by atoms with Gasteiger partial charge in [-0.3, -0.25) is 10.1 Å². The SMILES string of the molecule is Cc1noc(C2CCCN(c3cc(Cl)c(C(F)(F)F)cc3[N+](=O)[O-])C2)n1. The zero-order chi connectivity index (χ0) is 19.1. The number of alkyl halides is 3. The van der Waals surface area contributed by atoms with Crippen molar-refractivity contribution in [3.8, 4) is 0 Å². The van der Waals surface area contributed by atoms with Gasteiger partial charge in [-0.2, -0.15) is 18.2 Å². The van der Waals surface area contributed by atoms with Crippen molar-refractivity contribution in [2.24, 2.45) is 0 Å². The fourth-order valence-electron chi connectivity index (χ4n) is 3.04. The highest BCUT2D eigenvalue weighted by atomic mass is 35.5. The molecule has 11 heteroatoms. The van der Waals surface area contributed by atoms with E-state index in [9.17, 15) is 23.3 Å². The summed E-state index contributed by atoms with van der Waals surface area (Å²) in [4.78, 5) is 16.3. The molecular weight excluding hydrogens is 377 g/mol. The molecule has 1 unspecified atom stereocenters. The van der Waals surface area contributed by atoms with Crippen molar-refractivity contribution in [2.75, 3.05) is 18.0 Å². The second-order valence-corrected chi connectivity index (χ2v) is 6.45. The van der Waals surface area contributed by atoms with Crippen LogP contribution in [0.5, 0.6) is 0 Å². The van der Waals surface area contributed by atoms with Gasteiger partial charge in [0.2, 0.25) is 5.89 Å². The fourth-order valence-corrected chi connectivity index (χ4v) is 3.31. The van der Waals surface area contributed by atoms with Gasteiger partial charge < -0.3 is 9.42 Å². The highest BCUT2D eigenvalue weighted by molar-refractivity contribution is 6.31. The van der Waals surface area contributed by atoms with Crippen LogP contribution in [-0.4, -0.2) is 28.2 Å². The first-order valence-corrected chi connectivity index (χ1v) is 8.15. The second-order valence-electron chi connectivity index (χ2n) is 6.04. The van der Waals surface area contributed by atoms with Crippen LogP contribution in [0.15, 0.2) is 16.7 Å². The maximum Gasteiger partial charge on any atom is 0.418 e. The molecule has 2 heterocycles. The Morgan fingerprint density at radius 3 is 2.73 bits per heavy atom. The lowest BCUT2D eigenvalue weighted by Gasteiger charge is -2.32. The summed E-state index contributed by atoms with van der Waals surface area (Å²) in [5.41, 5.74) is -1.81. The number of aromatic nitrogens is 2. The van der Waals surface area contributed by atoms with Gasteiger partial charge >= 0.3 is 6.18 Å². The maximum absolute atomic E-state index is 13.0. The van der Waals surface area contributed by atoms with E-state index in [-0.39, 0.29) is 11.6 Å². The molecule has 1 aromatic carbocycles. The van der Waals surface area contributed by atoms with Crippen LogP contribution in [0.1, 0.15) is 36.0 Å². The van der Waals surface area contributed by atoms with Crippen LogP contribution in [0.4, 0.5) is 24.5 Å². The number of hydrogen-bond donors (Lipinski definition) is 0. The summed E-state index contributed by atoms with van der Waals surface area (Å²) in [5, 5.41) is 14.5. The molecule has 0 spiro atoms. The predicted molar refractivity (Wildman–Crippen MR) is 86.3 cm³/mol. The van der Waals surface area contributed by atoms with Gasteiger partial charge in [0.05, 0.1) is 21.4 Å². The van der Waals surface area contributed by atoms with Crippen molar-refractivity contribution >= 4 is 23.0 Å². The smallest absolute Gasteiger partial charge is 0.365 e. The topological polar surface area (TPSA) is 85.3 Å². The summed E-state index contributed by atoms with van der Waals surface area (Å²) in [6.07, 6.45) is -3.37. The molecule has 1 saturated heterocycles. The van der Waals surface area contributed by atoms with E-state index in [1.807, 2.05) is 0 Å². The van der Waals surface area contributed by atoms with Crippen molar-refractivity contribution in [3.63, 3.8) is 0 Å². The molecule has 2 aromatic rings. The molecule has 0 radical (unpaired) electrons. The largest absolute Gasteiger partial charge is 0.418 e. The van der Waals surface area contributed by atoms with E-state index in [1.165, 1.54) is 0 Å². The van der Waals surface area contributed by atoms with Crippen molar-refractivity contribution in [1.82, 2.24) is 10.1 Å². The number of anilines is 1. The maximum atomic E-state index is 13.0.